The van der Waals surface area contributed by atoms with Crippen LogP contribution in [0.5, 0.6) is 0 Å². The zero-order valence-corrected chi connectivity index (χ0v) is 11.5. The molecular formula is C13H21ClN2O. The van der Waals surface area contributed by atoms with E-state index in [9.17, 15) is 0 Å². The minimum Gasteiger partial charge on any atom is -0.379 e. The third-order valence-corrected chi connectivity index (χ3v) is 3.75. The molecule has 0 radical (unpaired) electrons. The number of hydrogen-bond acceptors (Lipinski definition) is 2. The van der Waals surface area contributed by atoms with Crippen LogP contribution in [0.15, 0.2) is 0 Å². The third-order valence-electron chi connectivity index (χ3n) is 3.49. The van der Waals surface area contributed by atoms with Crippen molar-refractivity contribution in [3.05, 3.63) is 17.0 Å². The first-order chi connectivity index (χ1) is 8.31. The monoisotopic (exact) mass is 256 g/mol. The fourth-order valence-electron chi connectivity index (χ4n) is 2.59. The van der Waals surface area contributed by atoms with Crippen molar-refractivity contribution >= 4 is 11.6 Å². The Morgan fingerprint density at radius 1 is 1.41 bits per heavy atom. The smallest absolute Gasteiger partial charge is 0.0756 e. The third kappa shape index (κ3) is 2.50. The van der Waals surface area contributed by atoms with Crippen LogP contribution in [0, 0.1) is 0 Å². The van der Waals surface area contributed by atoms with E-state index < -0.39 is 0 Å². The van der Waals surface area contributed by atoms with Crippen molar-refractivity contribution in [1.29, 1.82) is 0 Å². The van der Waals surface area contributed by atoms with Gasteiger partial charge in [-0.1, -0.05) is 13.8 Å². The van der Waals surface area contributed by atoms with Crippen LogP contribution in [-0.2, 0) is 23.5 Å². The molecule has 0 amide bonds. The van der Waals surface area contributed by atoms with E-state index >= 15 is 0 Å². The minimum atomic E-state index is 0.404. The van der Waals surface area contributed by atoms with Gasteiger partial charge in [-0.25, -0.2) is 0 Å². The molecule has 1 fully saturated rings. The Labute approximate surface area is 108 Å². The average molecular weight is 257 g/mol. The Morgan fingerprint density at radius 3 is 2.76 bits per heavy atom. The Hall–Kier alpha value is -0.540. The fraction of sp³-hybridized carbons (Fsp3) is 0.769. The molecule has 1 saturated heterocycles. The van der Waals surface area contributed by atoms with Gasteiger partial charge < -0.3 is 4.74 Å². The zero-order valence-electron chi connectivity index (χ0n) is 10.7. The summed E-state index contributed by atoms with van der Waals surface area (Å²) in [5, 5.41) is 4.75. The van der Waals surface area contributed by atoms with E-state index in [2.05, 4.69) is 18.5 Å². The Kier molecular flexibility index (Phi) is 4.46. The highest BCUT2D eigenvalue weighted by Crippen LogP contribution is 2.26. The van der Waals surface area contributed by atoms with E-state index in [4.69, 9.17) is 21.4 Å². The number of nitrogens with zero attached hydrogens (tertiary/aromatic N) is 2. The van der Waals surface area contributed by atoms with E-state index in [1.54, 1.807) is 0 Å². The minimum absolute atomic E-state index is 0.404. The van der Waals surface area contributed by atoms with E-state index in [0.717, 1.165) is 38.2 Å². The molecule has 2 rings (SSSR count). The lowest BCUT2D eigenvalue weighted by molar-refractivity contribution is 0.0538. The summed E-state index contributed by atoms with van der Waals surface area (Å²) in [7, 11) is 0. The number of aryl methyl sites for hydroxylation is 1. The fourth-order valence-corrected chi connectivity index (χ4v) is 2.90. The van der Waals surface area contributed by atoms with Crippen LogP contribution in [0.25, 0.3) is 0 Å². The molecule has 0 N–H and O–H groups in total. The first kappa shape index (κ1) is 12.9. The number of ether oxygens (including phenoxy) is 1. The van der Waals surface area contributed by atoms with Crippen molar-refractivity contribution in [1.82, 2.24) is 9.78 Å². The van der Waals surface area contributed by atoms with Gasteiger partial charge in [-0.15, -0.1) is 11.6 Å². The highest BCUT2D eigenvalue weighted by molar-refractivity contribution is 6.17. The Morgan fingerprint density at radius 2 is 2.24 bits per heavy atom. The second-order valence-corrected chi connectivity index (χ2v) is 4.80. The van der Waals surface area contributed by atoms with Gasteiger partial charge >= 0.3 is 0 Å². The highest BCUT2D eigenvalue weighted by atomic mass is 35.5. The second kappa shape index (κ2) is 5.87. The van der Waals surface area contributed by atoms with Crippen molar-refractivity contribution in [3.63, 3.8) is 0 Å². The van der Waals surface area contributed by atoms with Crippen LogP contribution in [0.4, 0.5) is 0 Å². The number of aromatic nitrogens is 2. The lowest BCUT2D eigenvalue weighted by atomic mass is 10.1. The maximum absolute atomic E-state index is 6.06. The van der Waals surface area contributed by atoms with E-state index in [1.165, 1.54) is 17.7 Å². The van der Waals surface area contributed by atoms with Crippen LogP contribution >= 0.6 is 11.6 Å². The number of alkyl halides is 1. The van der Waals surface area contributed by atoms with E-state index in [-0.39, 0.29) is 0 Å². The van der Waals surface area contributed by atoms with Crippen molar-refractivity contribution in [3.8, 4) is 0 Å². The molecule has 1 aromatic heterocycles. The van der Waals surface area contributed by atoms with Crippen molar-refractivity contribution in [2.45, 2.75) is 51.5 Å². The summed E-state index contributed by atoms with van der Waals surface area (Å²) in [5.41, 5.74) is 3.69. The SMILES string of the molecule is CCc1nn(C2CCCOC2)c(CC)c1CCl. The summed E-state index contributed by atoms with van der Waals surface area (Å²) < 4.78 is 7.73. The Balaban J connectivity index is 2.34. The van der Waals surface area contributed by atoms with Gasteiger partial charge in [0.15, 0.2) is 0 Å². The van der Waals surface area contributed by atoms with Gasteiger partial charge in [0.05, 0.1) is 24.2 Å². The zero-order chi connectivity index (χ0) is 12.3. The highest BCUT2D eigenvalue weighted by Gasteiger charge is 2.22. The first-order valence-corrected chi connectivity index (χ1v) is 7.08. The van der Waals surface area contributed by atoms with Crippen molar-refractivity contribution < 1.29 is 4.74 Å². The molecule has 1 aliphatic heterocycles. The molecule has 1 aromatic rings. The molecule has 2 heterocycles. The predicted octanol–water partition coefficient (Wildman–Crippen LogP) is 3.10. The summed E-state index contributed by atoms with van der Waals surface area (Å²) in [5.74, 6) is 0.569. The van der Waals surface area contributed by atoms with Gasteiger partial charge in [-0.05, 0) is 25.7 Å². The summed E-state index contributed by atoms with van der Waals surface area (Å²) in [6.45, 7) is 5.99. The van der Waals surface area contributed by atoms with Crippen LogP contribution in [0.1, 0.15) is 49.7 Å². The lowest BCUT2D eigenvalue weighted by Crippen LogP contribution is -2.23. The molecular weight excluding hydrogens is 236 g/mol. The van der Waals surface area contributed by atoms with E-state index in [0.29, 0.717) is 11.9 Å². The standard InChI is InChI=1S/C13H21ClN2O/c1-3-12-11(8-14)13(4-2)16(15-12)10-6-5-7-17-9-10/h10H,3-9H2,1-2H3. The largest absolute Gasteiger partial charge is 0.379 e. The average Bonchev–Trinajstić information content (AvgIpc) is 2.77. The Bertz CT molecular complexity index is 370. The maximum atomic E-state index is 6.06. The van der Waals surface area contributed by atoms with Crippen LogP contribution in [0.2, 0.25) is 0 Å². The molecule has 0 aliphatic carbocycles. The summed E-state index contributed by atoms with van der Waals surface area (Å²) >= 11 is 6.06. The number of halogens is 1. The molecule has 1 atom stereocenters. The molecule has 0 spiro atoms. The second-order valence-electron chi connectivity index (χ2n) is 4.53. The normalized spacial score (nSPS) is 20.8. The molecule has 0 bridgehead atoms. The lowest BCUT2D eigenvalue weighted by Gasteiger charge is -2.24. The van der Waals surface area contributed by atoms with Crippen LogP contribution < -0.4 is 0 Å². The molecule has 3 nitrogen and oxygen atoms in total. The summed E-state index contributed by atoms with van der Waals surface area (Å²) in [6.07, 6.45) is 4.24. The van der Waals surface area contributed by atoms with E-state index in [1.807, 2.05) is 0 Å². The quantitative estimate of drug-likeness (QED) is 0.774. The summed E-state index contributed by atoms with van der Waals surface area (Å²) in [4.78, 5) is 0. The van der Waals surface area contributed by atoms with Gasteiger partial charge in [0.2, 0.25) is 0 Å². The number of hydrogen-bond donors (Lipinski definition) is 0. The van der Waals surface area contributed by atoms with Gasteiger partial charge in [-0.3, -0.25) is 4.68 Å². The number of rotatable bonds is 4. The molecule has 0 aromatic carbocycles. The first-order valence-electron chi connectivity index (χ1n) is 6.54. The summed E-state index contributed by atoms with van der Waals surface area (Å²) in [6, 6.07) is 0.404. The van der Waals surface area contributed by atoms with Gasteiger partial charge in [0.1, 0.15) is 0 Å². The molecule has 1 aliphatic rings. The predicted molar refractivity (Wildman–Crippen MR) is 69.6 cm³/mol. The van der Waals surface area contributed by atoms with Crippen LogP contribution in [0.3, 0.4) is 0 Å². The van der Waals surface area contributed by atoms with Gasteiger partial charge in [0.25, 0.3) is 0 Å². The molecule has 0 saturated carbocycles. The van der Waals surface area contributed by atoms with Crippen LogP contribution in [-0.4, -0.2) is 23.0 Å². The van der Waals surface area contributed by atoms with Crippen molar-refractivity contribution in [2.24, 2.45) is 0 Å². The molecule has 96 valence electrons. The topological polar surface area (TPSA) is 27.1 Å². The molecule has 17 heavy (non-hydrogen) atoms. The van der Waals surface area contributed by atoms with Gasteiger partial charge in [0, 0.05) is 17.9 Å². The van der Waals surface area contributed by atoms with Gasteiger partial charge in [-0.2, -0.15) is 5.10 Å². The molecule has 4 heteroatoms. The molecule has 1 unspecified atom stereocenters. The maximum Gasteiger partial charge on any atom is 0.0756 e. The van der Waals surface area contributed by atoms with Crippen molar-refractivity contribution in [2.75, 3.05) is 13.2 Å².